The fourth-order valence-electron chi connectivity index (χ4n) is 4.51. The molecule has 5 aromatic rings. The van der Waals surface area contributed by atoms with Crippen LogP contribution in [0, 0.1) is 5.82 Å². The summed E-state index contributed by atoms with van der Waals surface area (Å²) in [6.45, 7) is -0.0316. The van der Waals surface area contributed by atoms with Gasteiger partial charge in [0, 0.05) is 12.2 Å². The van der Waals surface area contributed by atoms with Gasteiger partial charge in [0.25, 0.3) is 5.91 Å². The molecule has 1 heterocycles. The molecule has 208 valence electrons. The summed E-state index contributed by atoms with van der Waals surface area (Å²) in [4.78, 5) is 29.5. The van der Waals surface area contributed by atoms with E-state index in [2.05, 4.69) is 15.6 Å². The van der Waals surface area contributed by atoms with Gasteiger partial charge in [0.2, 0.25) is 5.91 Å². The molecule has 0 spiro atoms. The Bertz CT molecular complexity index is 1640. The van der Waals surface area contributed by atoms with Gasteiger partial charge in [0.05, 0.1) is 19.7 Å². The number of rotatable bonds is 10. The largest absolute Gasteiger partial charge is 0.497 e. The van der Waals surface area contributed by atoms with E-state index in [1.165, 1.54) is 33.8 Å². The Labute approximate surface area is 236 Å². The van der Waals surface area contributed by atoms with E-state index in [1.807, 2.05) is 36.4 Å². The first-order valence-electron chi connectivity index (χ1n) is 12.9. The predicted molar refractivity (Wildman–Crippen MR) is 152 cm³/mol. The van der Waals surface area contributed by atoms with Crippen LogP contribution in [0.3, 0.4) is 0 Å². The Hall–Kier alpha value is -5.25. The number of nitrogens with one attached hydrogen (secondary N) is 1. The van der Waals surface area contributed by atoms with Crippen molar-refractivity contribution < 1.29 is 23.5 Å². The highest BCUT2D eigenvalue weighted by Gasteiger charge is 2.32. The Morgan fingerprint density at radius 3 is 2.17 bits per heavy atom. The maximum absolute atomic E-state index is 14.1. The lowest BCUT2D eigenvalue weighted by Gasteiger charge is -2.32. The monoisotopic (exact) mass is 553 g/mol. The van der Waals surface area contributed by atoms with Crippen molar-refractivity contribution in [2.24, 2.45) is 0 Å². The Kier molecular flexibility index (Phi) is 8.19. The topological polar surface area (TPSA) is 98.6 Å². The van der Waals surface area contributed by atoms with Crippen LogP contribution in [0.15, 0.2) is 97.1 Å². The molecular formula is C31H28FN5O4. The van der Waals surface area contributed by atoms with E-state index in [1.54, 1.807) is 50.6 Å². The smallest absolute Gasteiger partial charge is 0.251 e. The maximum atomic E-state index is 14.1. The molecule has 1 N–H and O–H groups in total. The van der Waals surface area contributed by atoms with E-state index in [0.29, 0.717) is 33.8 Å². The average molecular weight is 554 g/mol. The summed E-state index contributed by atoms with van der Waals surface area (Å²) in [5, 5.41) is 11.2. The van der Waals surface area contributed by atoms with Gasteiger partial charge in [-0.15, -0.1) is 5.10 Å². The molecule has 10 heteroatoms. The molecule has 0 aliphatic rings. The number of carbonyl (C=O) groups excluding carboxylic acids is 2. The number of anilines is 1. The van der Waals surface area contributed by atoms with Gasteiger partial charge in [-0.05, 0) is 71.8 Å². The molecule has 5 rings (SSSR count). The molecule has 0 aliphatic carbocycles. The first-order valence-corrected chi connectivity index (χ1v) is 12.9. The van der Waals surface area contributed by atoms with Crippen LogP contribution in [0.25, 0.3) is 11.0 Å². The number of fused-ring (bicyclic) bond motifs is 1. The summed E-state index contributed by atoms with van der Waals surface area (Å²) < 4.78 is 25.6. The van der Waals surface area contributed by atoms with Crippen molar-refractivity contribution in [2.45, 2.75) is 19.1 Å². The molecule has 0 saturated heterocycles. The standard InChI is InChI=1S/C31H28FN5O4/c1-40-25-15-7-21(8-16-25)19-36(29(38)20-37-28-6-4-3-5-27(28)34-35-37)30(22-9-17-26(41-2)18-10-22)31(39)33-24-13-11-23(32)12-14-24/h3-18,30H,19-20H2,1-2H3,(H,33,39). The molecule has 1 atom stereocenters. The number of aromatic nitrogens is 3. The number of carbonyl (C=O) groups is 2. The molecule has 0 fully saturated rings. The van der Waals surface area contributed by atoms with Gasteiger partial charge in [0.1, 0.15) is 35.4 Å². The summed E-state index contributed by atoms with van der Waals surface area (Å²) in [6, 6.07) is 26.0. The lowest BCUT2D eigenvalue weighted by molar-refractivity contribution is -0.140. The molecule has 0 saturated carbocycles. The molecule has 0 bridgehead atoms. The van der Waals surface area contributed by atoms with Gasteiger partial charge in [-0.25, -0.2) is 9.07 Å². The number of para-hydroxylation sites is 1. The summed E-state index contributed by atoms with van der Waals surface area (Å²) >= 11 is 0. The van der Waals surface area contributed by atoms with Crippen molar-refractivity contribution in [1.29, 1.82) is 0 Å². The molecule has 0 radical (unpaired) electrons. The lowest BCUT2D eigenvalue weighted by atomic mass is 10.0. The van der Waals surface area contributed by atoms with Crippen LogP contribution in [-0.2, 0) is 22.7 Å². The first-order chi connectivity index (χ1) is 19.9. The first kappa shape index (κ1) is 27.3. The van der Waals surface area contributed by atoms with Crippen LogP contribution in [0.4, 0.5) is 10.1 Å². The van der Waals surface area contributed by atoms with E-state index >= 15 is 0 Å². The second-order valence-electron chi connectivity index (χ2n) is 9.28. The van der Waals surface area contributed by atoms with E-state index in [9.17, 15) is 14.0 Å². The molecule has 9 nitrogen and oxygen atoms in total. The van der Waals surface area contributed by atoms with E-state index in [0.717, 1.165) is 5.56 Å². The number of hydrogen-bond donors (Lipinski definition) is 1. The third kappa shape index (κ3) is 6.33. The normalized spacial score (nSPS) is 11.6. The number of nitrogens with zero attached hydrogens (tertiary/aromatic N) is 4. The summed E-state index contributed by atoms with van der Waals surface area (Å²) in [5.74, 6) is 0.0275. The quantitative estimate of drug-likeness (QED) is 0.262. The SMILES string of the molecule is COc1ccc(CN(C(=O)Cn2nnc3ccccc32)C(C(=O)Nc2ccc(F)cc2)c2ccc(OC)cc2)cc1. The minimum absolute atomic E-state index is 0.114. The fourth-order valence-corrected chi connectivity index (χ4v) is 4.51. The molecule has 0 aliphatic heterocycles. The molecule has 1 unspecified atom stereocenters. The number of ether oxygens (including phenoxy) is 2. The zero-order valence-corrected chi connectivity index (χ0v) is 22.5. The molecule has 41 heavy (non-hydrogen) atoms. The molecule has 2 amide bonds. The maximum Gasteiger partial charge on any atom is 0.251 e. The van der Waals surface area contributed by atoms with Crippen LogP contribution < -0.4 is 14.8 Å². The second-order valence-corrected chi connectivity index (χ2v) is 9.28. The highest BCUT2D eigenvalue weighted by atomic mass is 19.1. The minimum atomic E-state index is -1.05. The predicted octanol–water partition coefficient (Wildman–Crippen LogP) is 5.00. The Balaban J connectivity index is 1.55. The second kappa shape index (κ2) is 12.3. The van der Waals surface area contributed by atoms with Crippen molar-refractivity contribution in [3.8, 4) is 11.5 Å². The molecular weight excluding hydrogens is 525 g/mol. The van der Waals surface area contributed by atoms with E-state index in [4.69, 9.17) is 9.47 Å². The minimum Gasteiger partial charge on any atom is -0.497 e. The highest BCUT2D eigenvalue weighted by Crippen LogP contribution is 2.28. The zero-order valence-electron chi connectivity index (χ0n) is 22.5. The summed E-state index contributed by atoms with van der Waals surface area (Å²) in [7, 11) is 3.13. The third-order valence-corrected chi connectivity index (χ3v) is 6.64. The number of amides is 2. The summed E-state index contributed by atoms with van der Waals surface area (Å²) in [6.07, 6.45) is 0. The zero-order chi connectivity index (χ0) is 28.8. The van der Waals surface area contributed by atoms with Crippen molar-refractivity contribution in [3.05, 3.63) is 114 Å². The molecule has 1 aromatic heterocycles. The van der Waals surface area contributed by atoms with Crippen molar-refractivity contribution in [3.63, 3.8) is 0 Å². The van der Waals surface area contributed by atoms with Crippen LogP contribution in [0.2, 0.25) is 0 Å². The third-order valence-electron chi connectivity index (χ3n) is 6.64. The Morgan fingerprint density at radius 1 is 0.878 bits per heavy atom. The summed E-state index contributed by atoms with van der Waals surface area (Å²) in [5.41, 5.74) is 3.10. The van der Waals surface area contributed by atoms with Crippen molar-refractivity contribution in [1.82, 2.24) is 19.9 Å². The van der Waals surface area contributed by atoms with E-state index < -0.39 is 17.8 Å². The van der Waals surface area contributed by atoms with Gasteiger partial charge in [-0.1, -0.05) is 41.6 Å². The van der Waals surface area contributed by atoms with E-state index in [-0.39, 0.29) is 19.0 Å². The van der Waals surface area contributed by atoms with Gasteiger partial charge >= 0.3 is 0 Å². The Morgan fingerprint density at radius 2 is 1.51 bits per heavy atom. The van der Waals surface area contributed by atoms with Gasteiger partial charge < -0.3 is 19.7 Å². The molecule has 4 aromatic carbocycles. The number of hydrogen-bond acceptors (Lipinski definition) is 6. The van der Waals surface area contributed by atoms with Crippen molar-refractivity contribution in [2.75, 3.05) is 19.5 Å². The highest BCUT2D eigenvalue weighted by molar-refractivity contribution is 5.98. The van der Waals surface area contributed by atoms with Gasteiger partial charge in [0.15, 0.2) is 0 Å². The van der Waals surface area contributed by atoms with Crippen LogP contribution in [0.1, 0.15) is 17.2 Å². The lowest BCUT2D eigenvalue weighted by Crippen LogP contribution is -2.42. The number of methoxy groups -OCH3 is 2. The van der Waals surface area contributed by atoms with Gasteiger partial charge in [-0.3, -0.25) is 9.59 Å². The fraction of sp³-hybridized carbons (Fsp3) is 0.161. The van der Waals surface area contributed by atoms with Crippen LogP contribution in [-0.4, -0.2) is 45.9 Å². The average Bonchev–Trinajstić information content (AvgIpc) is 3.41. The van der Waals surface area contributed by atoms with Crippen LogP contribution in [0.5, 0.6) is 11.5 Å². The van der Waals surface area contributed by atoms with Crippen molar-refractivity contribution >= 4 is 28.5 Å². The van der Waals surface area contributed by atoms with Crippen LogP contribution >= 0.6 is 0 Å². The van der Waals surface area contributed by atoms with Gasteiger partial charge in [-0.2, -0.15) is 0 Å². The number of benzene rings is 4. The number of halogens is 1.